The molecule has 0 amide bonds. The molecule has 29 heavy (non-hydrogen) atoms. The molecule has 160 valence electrons. The van der Waals surface area contributed by atoms with Gasteiger partial charge in [-0.15, -0.1) is 0 Å². The van der Waals surface area contributed by atoms with Crippen LogP contribution >= 0.6 is 0 Å². The number of carbonyl (C=O) groups excluding carboxylic acids is 2. The van der Waals surface area contributed by atoms with Crippen molar-refractivity contribution in [2.45, 2.75) is 33.5 Å². The van der Waals surface area contributed by atoms with Crippen LogP contribution in [0.15, 0.2) is 38.7 Å². The molecule has 0 fully saturated rings. The highest BCUT2D eigenvalue weighted by Crippen LogP contribution is 1.93. The third-order valence-corrected chi connectivity index (χ3v) is 3.70. The van der Waals surface area contributed by atoms with Crippen LogP contribution in [-0.4, -0.2) is 52.6 Å². The van der Waals surface area contributed by atoms with Gasteiger partial charge in [-0.05, 0) is 13.8 Å². The summed E-state index contributed by atoms with van der Waals surface area (Å²) in [5.74, 6) is -1.34. The van der Waals surface area contributed by atoms with Gasteiger partial charge in [-0.3, -0.25) is 0 Å². The molecule has 1 aromatic rings. The summed E-state index contributed by atoms with van der Waals surface area (Å²) < 4.78 is 17.1. The largest absolute Gasteiger partial charge is 0.460 e. The first-order chi connectivity index (χ1) is 13.6. The zero-order valence-corrected chi connectivity index (χ0v) is 16.8. The Hall–Kier alpha value is -3.21. The molecule has 0 saturated heterocycles. The van der Waals surface area contributed by atoms with E-state index in [0.29, 0.717) is 0 Å². The van der Waals surface area contributed by atoms with Crippen LogP contribution in [0.2, 0.25) is 0 Å². The summed E-state index contributed by atoms with van der Waals surface area (Å²) >= 11 is 0. The molecule has 0 aliphatic carbocycles. The summed E-state index contributed by atoms with van der Waals surface area (Å²) in [5.41, 5.74) is -2.30. The predicted octanol–water partition coefficient (Wildman–Crippen LogP) is -0.943. The highest BCUT2D eigenvalue weighted by molar-refractivity contribution is 5.87. The van der Waals surface area contributed by atoms with Gasteiger partial charge in [-0.1, -0.05) is 13.2 Å². The van der Waals surface area contributed by atoms with E-state index in [1.54, 1.807) is 0 Å². The standard InChI is InChI=1S/C18H25N3O8/c1-12(2)14(22)28-10-7-20-16(24)19(6-9-27-5)17(25)21(18(20)26)8-11-29-15(23)13(3)4/h1,3,6-11H2,2,4-5H3. The van der Waals surface area contributed by atoms with E-state index in [2.05, 4.69) is 13.2 Å². The molecule has 11 heteroatoms. The summed E-state index contributed by atoms with van der Waals surface area (Å²) in [7, 11) is 1.40. The van der Waals surface area contributed by atoms with E-state index in [9.17, 15) is 24.0 Å². The molecule has 0 unspecified atom stereocenters. The molecule has 0 spiro atoms. The lowest BCUT2D eigenvalue weighted by Crippen LogP contribution is -2.55. The number of ether oxygens (including phenoxy) is 3. The number of rotatable bonds is 11. The monoisotopic (exact) mass is 411 g/mol. The van der Waals surface area contributed by atoms with Gasteiger partial charge in [0.05, 0.1) is 26.2 Å². The van der Waals surface area contributed by atoms with Crippen molar-refractivity contribution in [3.8, 4) is 0 Å². The molecule has 0 aliphatic rings. The lowest BCUT2D eigenvalue weighted by Gasteiger charge is -2.14. The Labute approximate surface area is 166 Å². The first kappa shape index (κ1) is 23.8. The van der Waals surface area contributed by atoms with Gasteiger partial charge in [-0.2, -0.15) is 0 Å². The van der Waals surface area contributed by atoms with Crippen molar-refractivity contribution in [3.63, 3.8) is 0 Å². The number of carbonyl (C=O) groups is 2. The molecule has 1 rings (SSSR count). The first-order valence-corrected chi connectivity index (χ1v) is 8.70. The van der Waals surface area contributed by atoms with E-state index in [1.165, 1.54) is 21.0 Å². The minimum atomic E-state index is -0.911. The quantitative estimate of drug-likeness (QED) is 0.337. The first-order valence-electron chi connectivity index (χ1n) is 8.70. The van der Waals surface area contributed by atoms with E-state index in [-0.39, 0.29) is 50.6 Å². The van der Waals surface area contributed by atoms with Crippen LogP contribution in [-0.2, 0) is 43.4 Å². The zero-order valence-electron chi connectivity index (χ0n) is 16.8. The number of hydrogen-bond donors (Lipinski definition) is 0. The van der Waals surface area contributed by atoms with E-state index in [0.717, 1.165) is 13.7 Å². The Kier molecular flexibility index (Phi) is 9.00. The molecular formula is C18H25N3O8. The minimum Gasteiger partial charge on any atom is -0.460 e. The van der Waals surface area contributed by atoms with Gasteiger partial charge in [0, 0.05) is 18.3 Å². The number of aromatic nitrogens is 3. The fourth-order valence-corrected chi connectivity index (χ4v) is 2.14. The minimum absolute atomic E-state index is 0.0582. The number of nitrogens with zero attached hydrogens (tertiary/aromatic N) is 3. The van der Waals surface area contributed by atoms with Crippen LogP contribution in [0.3, 0.4) is 0 Å². The van der Waals surface area contributed by atoms with Gasteiger partial charge in [0.25, 0.3) is 0 Å². The number of esters is 2. The summed E-state index contributed by atoms with van der Waals surface area (Å²) in [4.78, 5) is 60.7. The summed E-state index contributed by atoms with van der Waals surface area (Å²) in [6.07, 6.45) is 0. The summed E-state index contributed by atoms with van der Waals surface area (Å²) in [5, 5.41) is 0. The highest BCUT2D eigenvalue weighted by Gasteiger charge is 2.16. The summed E-state index contributed by atoms with van der Waals surface area (Å²) in [6.45, 7) is 8.67. The Bertz CT molecular complexity index is 897. The second kappa shape index (κ2) is 11.0. The average molecular weight is 411 g/mol. The molecule has 1 aromatic heterocycles. The van der Waals surface area contributed by atoms with Crippen molar-refractivity contribution in [2.75, 3.05) is 26.9 Å². The molecule has 1 heterocycles. The van der Waals surface area contributed by atoms with Crippen LogP contribution in [0.25, 0.3) is 0 Å². The Morgan fingerprint density at radius 1 is 0.724 bits per heavy atom. The van der Waals surface area contributed by atoms with Crippen molar-refractivity contribution in [1.82, 2.24) is 13.7 Å². The molecule has 0 N–H and O–H groups in total. The molecule has 0 radical (unpaired) electrons. The molecule has 11 nitrogen and oxygen atoms in total. The Morgan fingerprint density at radius 2 is 1.03 bits per heavy atom. The SMILES string of the molecule is C=C(C)C(=O)OCCn1c(=O)n(CCOC)c(=O)n(CCOC(=O)C(=C)C)c1=O. The fraction of sp³-hybridized carbons (Fsp3) is 0.500. The second-order valence-corrected chi connectivity index (χ2v) is 6.13. The van der Waals surface area contributed by atoms with E-state index >= 15 is 0 Å². The van der Waals surface area contributed by atoms with Crippen LogP contribution in [0.5, 0.6) is 0 Å². The third kappa shape index (κ3) is 6.42. The molecule has 0 aromatic carbocycles. The van der Waals surface area contributed by atoms with Crippen molar-refractivity contribution in [2.24, 2.45) is 0 Å². The smallest absolute Gasteiger partial charge is 0.336 e. The van der Waals surface area contributed by atoms with Crippen molar-refractivity contribution in [1.29, 1.82) is 0 Å². The van der Waals surface area contributed by atoms with Gasteiger partial charge < -0.3 is 14.2 Å². The topological polar surface area (TPSA) is 128 Å². The molecule has 0 saturated carbocycles. The van der Waals surface area contributed by atoms with Gasteiger partial charge in [0.1, 0.15) is 13.2 Å². The van der Waals surface area contributed by atoms with Gasteiger partial charge in [0.2, 0.25) is 0 Å². The normalized spacial score (nSPS) is 10.4. The van der Waals surface area contributed by atoms with Crippen LogP contribution in [0, 0.1) is 0 Å². The maximum Gasteiger partial charge on any atom is 0.336 e. The maximum atomic E-state index is 12.6. The summed E-state index contributed by atoms with van der Waals surface area (Å²) in [6, 6.07) is 0. The maximum absolute atomic E-state index is 12.6. The number of hydrogen-bond acceptors (Lipinski definition) is 8. The predicted molar refractivity (Wildman–Crippen MR) is 103 cm³/mol. The third-order valence-electron chi connectivity index (χ3n) is 3.70. The molecule has 0 bridgehead atoms. The fourth-order valence-electron chi connectivity index (χ4n) is 2.14. The van der Waals surface area contributed by atoms with Crippen LogP contribution in [0.4, 0.5) is 0 Å². The molecule has 0 aliphatic heterocycles. The van der Waals surface area contributed by atoms with E-state index in [4.69, 9.17) is 14.2 Å². The Balaban J connectivity index is 3.20. The number of methoxy groups -OCH3 is 1. The van der Waals surface area contributed by atoms with Gasteiger partial charge >= 0.3 is 29.0 Å². The van der Waals surface area contributed by atoms with Crippen molar-refractivity contribution >= 4 is 11.9 Å². The van der Waals surface area contributed by atoms with Crippen LogP contribution < -0.4 is 17.1 Å². The zero-order chi connectivity index (χ0) is 22.1. The van der Waals surface area contributed by atoms with Crippen molar-refractivity contribution < 1.29 is 23.8 Å². The van der Waals surface area contributed by atoms with Crippen LogP contribution in [0.1, 0.15) is 13.8 Å². The van der Waals surface area contributed by atoms with Gasteiger partial charge in [0.15, 0.2) is 0 Å². The van der Waals surface area contributed by atoms with Gasteiger partial charge in [-0.25, -0.2) is 37.7 Å². The molecular weight excluding hydrogens is 386 g/mol. The second-order valence-electron chi connectivity index (χ2n) is 6.13. The average Bonchev–Trinajstić information content (AvgIpc) is 2.66. The highest BCUT2D eigenvalue weighted by atomic mass is 16.5. The van der Waals surface area contributed by atoms with E-state index < -0.39 is 29.0 Å². The van der Waals surface area contributed by atoms with Crippen molar-refractivity contribution in [3.05, 3.63) is 55.8 Å². The molecule has 0 atom stereocenters. The van der Waals surface area contributed by atoms with E-state index in [1.807, 2.05) is 0 Å². The Morgan fingerprint density at radius 3 is 1.31 bits per heavy atom. The lowest BCUT2D eigenvalue weighted by molar-refractivity contribution is -0.140. The lowest BCUT2D eigenvalue weighted by atomic mass is 10.4.